The van der Waals surface area contributed by atoms with Gasteiger partial charge in [0.1, 0.15) is 0 Å². The summed E-state index contributed by atoms with van der Waals surface area (Å²) in [7, 11) is 0. The molecule has 0 aromatic heterocycles. The van der Waals surface area contributed by atoms with E-state index in [1.54, 1.807) is 0 Å². The smallest absolute Gasteiger partial charge is 0.210 e. The molecule has 0 aromatic rings. The average Bonchev–Trinajstić information content (AvgIpc) is 2.00. The Labute approximate surface area is 73.6 Å². The van der Waals surface area contributed by atoms with Gasteiger partial charge in [0.25, 0.3) is 0 Å². The number of unbranched alkanes of at least 4 members (excludes halogenated alkanes) is 1. The van der Waals surface area contributed by atoms with Crippen LogP contribution in [0.5, 0.6) is 0 Å². The van der Waals surface area contributed by atoms with E-state index >= 15 is 0 Å². The number of hydrogen-bond acceptors (Lipinski definition) is 2. The topological polar surface area (TPSA) is 43.1 Å². The van der Waals surface area contributed by atoms with Gasteiger partial charge < -0.3 is 0 Å². The Morgan fingerprint density at radius 3 is 2.67 bits per heavy atom. The Bertz CT molecular complexity index is 155. The van der Waals surface area contributed by atoms with Crippen LogP contribution >= 0.6 is 0 Å². The molecule has 0 aromatic carbocycles. The standard InChI is InChI=1S/C9H17NO2/c1-3-5-7-9(6-4-2)8-10(11)12/h4,6,9H,3,5,7-8H2,1-2H3/b6-4+. The summed E-state index contributed by atoms with van der Waals surface area (Å²) in [5.74, 6) is 0.130. The third-order valence-electron chi connectivity index (χ3n) is 1.78. The van der Waals surface area contributed by atoms with Crippen LogP contribution in [0.1, 0.15) is 33.1 Å². The molecular weight excluding hydrogens is 154 g/mol. The van der Waals surface area contributed by atoms with Gasteiger partial charge in [-0.05, 0) is 13.3 Å². The van der Waals surface area contributed by atoms with Crippen molar-refractivity contribution in [2.24, 2.45) is 5.92 Å². The molecule has 3 nitrogen and oxygen atoms in total. The molecule has 70 valence electrons. The average molecular weight is 171 g/mol. The van der Waals surface area contributed by atoms with Gasteiger partial charge in [0.05, 0.1) is 0 Å². The Balaban J connectivity index is 3.77. The quantitative estimate of drug-likeness (QED) is 0.350. The van der Waals surface area contributed by atoms with E-state index in [2.05, 4.69) is 6.92 Å². The SMILES string of the molecule is C/C=C/C(CCCC)C[N+](=O)[O-]. The molecule has 0 aliphatic rings. The van der Waals surface area contributed by atoms with Gasteiger partial charge in [-0.15, -0.1) is 0 Å². The van der Waals surface area contributed by atoms with Crippen LogP contribution in [0.3, 0.4) is 0 Å². The number of allylic oxidation sites excluding steroid dienone is 1. The summed E-state index contributed by atoms with van der Waals surface area (Å²) < 4.78 is 0. The van der Waals surface area contributed by atoms with Crippen molar-refractivity contribution in [2.75, 3.05) is 6.54 Å². The van der Waals surface area contributed by atoms with Gasteiger partial charge in [0, 0.05) is 10.8 Å². The Hall–Kier alpha value is -0.860. The number of rotatable bonds is 6. The van der Waals surface area contributed by atoms with Crippen molar-refractivity contribution < 1.29 is 4.92 Å². The van der Waals surface area contributed by atoms with Gasteiger partial charge in [-0.3, -0.25) is 10.1 Å². The second-order valence-corrected chi connectivity index (χ2v) is 2.94. The van der Waals surface area contributed by atoms with Crippen LogP contribution in [-0.2, 0) is 0 Å². The predicted octanol–water partition coefficient (Wildman–Crippen LogP) is 2.65. The molecule has 0 rings (SSSR count). The highest BCUT2D eigenvalue weighted by Crippen LogP contribution is 2.10. The monoisotopic (exact) mass is 171 g/mol. The van der Waals surface area contributed by atoms with Gasteiger partial charge >= 0.3 is 0 Å². The van der Waals surface area contributed by atoms with Crippen LogP contribution in [0.25, 0.3) is 0 Å². The maximum absolute atomic E-state index is 10.2. The molecule has 12 heavy (non-hydrogen) atoms. The van der Waals surface area contributed by atoms with E-state index in [1.807, 2.05) is 19.1 Å². The van der Waals surface area contributed by atoms with Gasteiger partial charge in [0.15, 0.2) is 0 Å². The molecule has 0 amide bonds. The maximum atomic E-state index is 10.2. The zero-order chi connectivity index (χ0) is 9.40. The molecule has 0 saturated heterocycles. The lowest BCUT2D eigenvalue weighted by Crippen LogP contribution is -2.11. The minimum atomic E-state index is -0.236. The van der Waals surface area contributed by atoms with E-state index < -0.39 is 0 Å². The minimum Gasteiger partial charge on any atom is -0.265 e. The molecule has 3 heteroatoms. The van der Waals surface area contributed by atoms with Gasteiger partial charge in [0.2, 0.25) is 6.54 Å². The van der Waals surface area contributed by atoms with Crippen LogP contribution in [0, 0.1) is 16.0 Å². The molecule has 0 bridgehead atoms. The molecular formula is C9H17NO2. The fraction of sp³-hybridized carbons (Fsp3) is 0.778. The first kappa shape index (κ1) is 11.1. The molecule has 0 aliphatic heterocycles. The zero-order valence-corrected chi connectivity index (χ0v) is 7.82. The summed E-state index contributed by atoms with van der Waals surface area (Å²) in [5.41, 5.74) is 0. The van der Waals surface area contributed by atoms with Crippen LogP contribution in [0.2, 0.25) is 0 Å². The third kappa shape index (κ3) is 5.89. The van der Waals surface area contributed by atoms with Crippen molar-refractivity contribution in [2.45, 2.75) is 33.1 Å². The molecule has 0 spiro atoms. The molecule has 0 aliphatic carbocycles. The van der Waals surface area contributed by atoms with Gasteiger partial charge in [-0.1, -0.05) is 31.9 Å². The van der Waals surface area contributed by atoms with Gasteiger partial charge in [-0.2, -0.15) is 0 Å². The summed E-state index contributed by atoms with van der Waals surface area (Å²) in [6.45, 7) is 4.07. The molecule has 0 heterocycles. The first-order chi connectivity index (χ1) is 5.70. The molecule has 1 atom stereocenters. The molecule has 0 fully saturated rings. The van der Waals surface area contributed by atoms with E-state index in [-0.39, 0.29) is 17.4 Å². The molecule has 0 saturated carbocycles. The van der Waals surface area contributed by atoms with Crippen molar-refractivity contribution in [3.8, 4) is 0 Å². The summed E-state index contributed by atoms with van der Waals surface area (Å²) >= 11 is 0. The first-order valence-corrected chi connectivity index (χ1v) is 4.45. The molecule has 0 N–H and O–H groups in total. The summed E-state index contributed by atoms with van der Waals surface area (Å²) in [5, 5.41) is 10.2. The van der Waals surface area contributed by atoms with Crippen molar-refractivity contribution >= 4 is 0 Å². The van der Waals surface area contributed by atoms with Crippen LogP contribution < -0.4 is 0 Å². The van der Waals surface area contributed by atoms with E-state index in [1.165, 1.54) is 0 Å². The number of nitrogens with zero attached hydrogens (tertiary/aromatic N) is 1. The fourth-order valence-corrected chi connectivity index (χ4v) is 1.18. The highest BCUT2D eigenvalue weighted by Gasteiger charge is 2.10. The second-order valence-electron chi connectivity index (χ2n) is 2.94. The van der Waals surface area contributed by atoms with E-state index in [0.29, 0.717) is 0 Å². The fourth-order valence-electron chi connectivity index (χ4n) is 1.18. The van der Waals surface area contributed by atoms with Crippen molar-refractivity contribution in [1.82, 2.24) is 0 Å². The lowest BCUT2D eigenvalue weighted by molar-refractivity contribution is -0.486. The summed E-state index contributed by atoms with van der Waals surface area (Å²) in [4.78, 5) is 9.98. The van der Waals surface area contributed by atoms with Gasteiger partial charge in [-0.25, -0.2) is 0 Å². The summed E-state index contributed by atoms with van der Waals surface area (Å²) in [6.07, 6.45) is 6.93. The Kier molecular flexibility index (Phi) is 6.34. The highest BCUT2D eigenvalue weighted by atomic mass is 16.6. The molecule has 1 unspecified atom stereocenters. The van der Waals surface area contributed by atoms with Crippen molar-refractivity contribution in [3.63, 3.8) is 0 Å². The summed E-state index contributed by atoms with van der Waals surface area (Å²) in [6, 6.07) is 0. The highest BCUT2D eigenvalue weighted by molar-refractivity contribution is 4.84. The second kappa shape index (κ2) is 6.83. The number of hydrogen-bond donors (Lipinski definition) is 0. The van der Waals surface area contributed by atoms with E-state index in [9.17, 15) is 10.1 Å². The predicted molar refractivity (Wildman–Crippen MR) is 49.7 cm³/mol. The van der Waals surface area contributed by atoms with E-state index in [0.717, 1.165) is 19.3 Å². The Morgan fingerprint density at radius 1 is 1.58 bits per heavy atom. The zero-order valence-electron chi connectivity index (χ0n) is 7.82. The Morgan fingerprint density at radius 2 is 2.25 bits per heavy atom. The van der Waals surface area contributed by atoms with Crippen LogP contribution in [0.4, 0.5) is 0 Å². The number of nitro groups is 1. The van der Waals surface area contributed by atoms with Crippen molar-refractivity contribution in [1.29, 1.82) is 0 Å². The lowest BCUT2D eigenvalue weighted by atomic mass is 10.0. The van der Waals surface area contributed by atoms with Crippen LogP contribution in [0.15, 0.2) is 12.2 Å². The van der Waals surface area contributed by atoms with Crippen molar-refractivity contribution in [3.05, 3.63) is 22.3 Å². The van der Waals surface area contributed by atoms with E-state index in [4.69, 9.17) is 0 Å². The normalized spacial score (nSPS) is 13.5. The first-order valence-electron chi connectivity index (χ1n) is 4.45. The maximum Gasteiger partial charge on any atom is 0.210 e. The largest absolute Gasteiger partial charge is 0.265 e. The third-order valence-corrected chi connectivity index (χ3v) is 1.78. The minimum absolute atomic E-state index is 0.0737. The van der Waals surface area contributed by atoms with Crippen LogP contribution in [-0.4, -0.2) is 11.5 Å². The molecule has 0 radical (unpaired) electrons. The lowest BCUT2D eigenvalue weighted by Gasteiger charge is -2.05.